The van der Waals surface area contributed by atoms with Crippen molar-refractivity contribution in [2.75, 3.05) is 18.8 Å². The van der Waals surface area contributed by atoms with E-state index in [2.05, 4.69) is 9.12 Å². The second-order valence-electron chi connectivity index (χ2n) is 6.99. The molecule has 2 aliphatic rings. The maximum absolute atomic E-state index is 12.6. The lowest BCUT2D eigenvalue weighted by atomic mass is 10.0. The molecule has 0 bridgehead atoms. The highest BCUT2D eigenvalue weighted by atomic mass is 32.2. The van der Waals surface area contributed by atoms with Gasteiger partial charge in [0.05, 0.1) is 5.75 Å². The number of aryl methyl sites for hydroxylation is 1. The van der Waals surface area contributed by atoms with E-state index in [0.29, 0.717) is 42.9 Å². The lowest BCUT2D eigenvalue weighted by Gasteiger charge is -2.33. The highest BCUT2D eigenvalue weighted by molar-refractivity contribution is 8.00. The maximum Gasteiger partial charge on any atom is 0.285 e. The first kappa shape index (κ1) is 20.0. The van der Waals surface area contributed by atoms with E-state index in [0.717, 1.165) is 5.56 Å². The van der Waals surface area contributed by atoms with E-state index in [9.17, 15) is 16.8 Å². The molecule has 2 aliphatic heterocycles. The van der Waals surface area contributed by atoms with Gasteiger partial charge in [-0.25, -0.2) is 13.1 Å². The molecule has 0 aromatic heterocycles. The molecule has 0 spiro atoms. The Bertz CT molecular complexity index is 986. The van der Waals surface area contributed by atoms with Crippen LogP contribution in [-0.2, 0) is 20.0 Å². The van der Waals surface area contributed by atoms with Gasteiger partial charge in [-0.3, -0.25) is 0 Å². The topological polar surface area (TPSA) is 95.9 Å². The molecule has 1 aromatic rings. The van der Waals surface area contributed by atoms with E-state index in [4.69, 9.17) is 0 Å². The zero-order chi connectivity index (χ0) is 19.8. The molecule has 0 atom stereocenters. The SMILES string of the molecule is CCS(=O)(=O)NC1CCN(C2=NS(=O)(=O)C(c3ccc(C)cc3)=C2C)CC1. The number of hydrogen-bond acceptors (Lipinski definition) is 5. The Morgan fingerprint density at radius 3 is 2.30 bits per heavy atom. The van der Waals surface area contributed by atoms with Gasteiger partial charge in [-0.05, 0) is 39.2 Å². The van der Waals surface area contributed by atoms with Gasteiger partial charge in [0.1, 0.15) is 10.7 Å². The summed E-state index contributed by atoms with van der Waals surface area (Å²) in [5, 5.41) is 0. The monoisotopic (exact) mass is 411 g/mol. The summed E-state index contributed by atoms with van der Waals surface area (Å²) in [5.41, 5.74) is 2.35. The molecule has 1 saturated heterocycles. The number of benzene rings is 1. The molecule has 0 radical (unpaired) electrons. The summed E-state index contributed by atoms with van der Waals surface area (Å²) in [4.78, 5) is 2.19. The van der Waals surface area contributed by atoms with Crippen LogP contribution in [0.25, 0.3) is 4.91 Å². The summed E-state index contributed by atoms with van der Waals surface area (Å²) in [6.07, 6.45) is 1.23. The fraction of sp³-hybridized carbons (Fsp3) is 0.500. The van der Waals surface area contributed by atoms with Gasteiger partial charge >= 0.3 is 0 Å². The largest absolute Gasteiger partial charge is 0.356 e. The van der Waals surface area contributed by atoms with E-state index >= 15 is 0 Å². The second kappa shape index (κ2) is 7.37. The van der Waals surface area contributed by atoms with E-state index in [1.54, 1.807) is 26.0 Å². The van der Waals surface area contributed by atoms with E-state index < -0.39 is 20.0 Å². The summed E-state index contributed by atoms with van der Waals surface area (Å²) >= 11 is 0. The van der Waals surface area contributed by atoms with Crippen LogP contribution < -0.4 is 4.72 Å². The predicted octanol–water partition coefficient (Wildman–Crippen LogP) is 1.87. The van der Waals surface area contributed by atoms with Crippen molar-refractivity contribution in [3.8, 4) is 0 Å². The number of piperidine rings is 1. The Morgan fingerprint density at radius 2 is 1.74 bits per heavy atom. The average Bonchev–Trinajstić information content (AvgIpc) is 2.86. The van der Waals surface area contributed by atoms with Crippen molar-refractivity contribution in [1.82, 2.24) is 9.62 Å². The lowest BCUT2D eigenvalue weighted by molar-refractivity contribution is 0.302. The molecule has 27 heavy (non-hydrogen) atoms. The van der Waals surface area contributed by atoms with Gasteiger partial charge in [0.15, 0.2) is 0 Å². The van der Waals surface area contributed by atoms with Crippen molar-refractivity contribution in [3.63, 3.8) is 0 Å². The minimum Gasteiger partial charge on any atom is -0.356 e. The van der Waals surface area contributed by atoms with E-state index in [1.165, 1.54) is 0 Å². The van der Waals surface area contributed by atoms with Gasteiger partial charge in [0.2, 0.25) is 10.0 Å². The molecule has 0 unspecified atom stereocenters. The normalized spacial score (nSPS) is 20.9. The summed E-state index contributed by atoms with van der Waals surface area (Å²) in [7, 11) is -6.97. The van der Waals surface area contributed by atoms with E-state index in [1.807, 2.05) is 24.0 Å². The van der Waals surface area contributed by atoms with Crippen molar-refractivity contribution in [2.24, 2.45) is 4.40 Å². The highest BCUT2D eigenvalue weighted by Gasteiger charge is 2.35. The second-order valence-corrected chi connectivity index (χ2v) is 10.6. The van der Waals surface area contributed by atoms with Gasteiger partial charge in [-0.1, -0.05) is 29.8 Å². The zero-order valence-electron chi connectivity index (χ0n) is 15.8. The highest BCUT2D eigenvalue weighted by Crippen LogP contribution is 2.34. The number of sulfonamides is 2. The quantitative estimate of drug-likeness (QED) is 0.816. The number of nitrogens with zero attached hydrogens (tertiary/aromatic N) is 2. The summed E-state index contributed by atoms with van der Waals surface area (Å²) in [6, 6.07) is 7.25. The van der Waals surface area contributed by atoms with Crippen LogP contribution in [0.1, 0.15) is 37.8 Å². The number of nitrogens with one attached hydrogen (secondary N) is 1. The fourth-order valence-electron chi connectivity index (χ4n) is 3.43. The Labute approximate surface area is 161 Å². The maximum atomic E-state index is 12.6. The van der Waals surface area contributed by atoms with Crippen LogP contribution in [0.15, 0.2) is 34.2 Å². The Morgan fingerprint density at radius 1 is 1.15 bits per heavy atom. The van der Waals surface area contributed by atoms with Crippen LogP contribution in [0.4, 0.5) is 0 Å². The molecule has 1 aromatic carbocycles. The minimum atomic E-state index is -3.73. The molecular formula is C18H25N3O4S2. The predicted molar refractivity (Wildman–Crippen MR) is 107 cm³/mol. The third-order valence-corrected chi connectivity index (χ3v) is 7.90. The van der Waals surface area contributed by atoms with Gasteiger partial charge in [0.25, 0.3) is 10.0 Å². The number of likely N-dealkylation sites (tertiary alicyclic amines) is 1. The Hall–Kier alpha value is -1.71. The minimum absolute atomic E-state index is 0.0555. The molecule has 148 valence electrons. The van der Waals surface area contributed by atoms with Crippen LogP contribution in [0, 0.1) is 6.92 Å². The van der Waals surface area contributed by atoms with Crippen LogP contribution in [0.3, 0.4) is 0 Å². The van der Waals surface area contributed by atoms with Crippen molar-refractivity contribution in [1.29, 1.82) is 0 Å². The third kappa shape index (κ3) is 4.25. The molecule has 3 rings (SSSR count). The Balaban J connectivity index is 1.79. The Kier molecular flexibility index (Phi) is 5.47. The van der Waals surface area contributed by atoms with E-state index in [-0.39, 0.29) is 16.7 Å². The first-order valence-corrected chi connectivity index (χ1v) is 12.1. The van der Waals surface area contributed by atoms with Crippen LogP contribution >= 0.6 is 0 Å². The molecule has 0 aliphatic carbocycles. The van der Waals surface area contributed by atoms with Crippen LogP contribution in [0.5, 0.6) is 0 Å². The summed E-state index contributed by atoms with van der Waals surface area (Å²) in [6.45, 7) is 6.46. The van der Waals surface area contributed by atoms with Gasteiger partial charge in [-0.2, -0.15) is 8.42 Å². The number of amidine groups is 1. The lowest BCUT2D eigenvalue weighted by Crippen LogP contribution is -2.46. The smallest absolute Gasteiger partial charge is 0.285 e. The van der Waals surface area contributed by atoms with Gasteiger partial charge in [-0.15, -0.1) is 4.40 Å². The van der Waals surface area contributed by atoms with Crippen molar-refractivity contribution in [2.45, 2.75) is 39.7 Å². The van der Waals surface area contributed by atoms with Gasteiger partial charge < -0.3 is 4.90 Å². The van der Waals surface area contributed by atoms with Crippen molar-refractivity contribution in [3.05, 3.63) is 41.0 Å². The summed E-state index contributed by atoms with van der Waals surface area (Å²) in [5.74, 6) is 0.530. The first-order chi connectivity index (χ1) is 12.6. The third-order valence-electron chi connectivity index (χ3n) is 4.98. The standard InChI is InChI=1S/C18H25N3O4S2/c1-4-26(22,23)19-16-9-11-21(12-10-16)18-14(3)17(27(24,25)20-18)15-7-5-13(2)6-8-15/h5-8,16,19H,4,9-12H2,1-3H3. The van der Waals surface area contributed by atoms with Crippen LogP contribution in [0.2, 0.25) is 0 Å². The van der Waals surface area contributed by atoms with Crippen molar-refractivity contribution >= 4 is 30.8 Å². The molecule has 1 fully saturated rings. The van der Waals surface area contributed by atoms with Crippen LogP contribution in [-0.4, -0.2) is 52.5 Å². The van der Waals surface area contributed by atoms with Crippen molar-refractivity contribution < 1.29 is 16.8 Å². The summed E-state index contributed by atoms with van der Waals surface area (Å²) < 4.78 is 55.5. The molecule has 2 heterocycles. The number of rotatable bonds is 4. The molecule has 1 N–H and O–H groups in total. The molecule has 0 saturated carbocycles. The van der Waals surface area contributed by atoms with Gasteiger partial charge in [0, 0.05) is 24.7 Å². The molecule has 0 amide bonds. The molecule has 7 nitrogen and oxygen atoms in total. The first-order valence-electron chi connectivity index (χ1n) is 9.01. The molecule has 9 heteroatoms. The number of hydrogen-bond donors (Lipinski definition) is 1. The average molecular weight is 412 g/mol. The zero-order valence-corrected chi connectivity index (χ0v) is 17.4. The fourth-order valence-corrected chi connectivity index (χ4v) is 5.83. The molecular weight excluding hydrogens is 386 g/mol.